The normalized spacial score (nSPS) is 11.5. The van der Waals surface area contributed by atoms with E-state index in [0.29, 0.717) is 18.3 Å². The van der Waals surface area contributed by atoms with Crippen LogP contribution in [0.2, 0.25) is 0 Å². The van der Waals surface area contributed by atoms with Crippen LogP contribution in [0.4, 0.5) is 0 Å². The Balaban J connectivity index is 2.10. The molecule has 0 aliphatic rings. The molecule has 0 atom stereocenters. The Bertz CT molecular complexity index is 684. The number of benzene rings is 2. The van der Waals surface area contributed by atoms with Gasteiger partial charge in [0, 0.05) is 19.2 Å². The van der Waals surface area contributed by atoms with Gasteiger partial charge in [0.2, 0.25) is 0 Å². The first kappa shape index (κ1) is 17.8. The minimum absolute atomic E-state index is 0.466. The highest BCUT2D eigenvalue weighted by Crippen LogP contribution is 2.06. The first-order valence-electron chi connectivity index (χ1n) is 7.68. The van der Waals surface area contributed by atoms with E-state index in [9.17, 15) is 0 Å². The quantitative estimate of drug-likeness (QED) is 0.352. The third-order valence-electron chi connectivity index (χ3n) is 3.17. The summed E-state index contributed by atoms with van der Waals surface area (Å²) >= 11 is 5.20. The molecule has 0 aliphatic heterocycles. The molecule has 0 saturated carbocycles. The number of allylic oxidation sites excluding steroid dienone is 1. The smallest absolute Gasteiger partial charge is 0.187 e. The Hall–Kier alpha value is -2.50. The predicted molar refractivity (Wildman–Crippen MR) is 104 cm³/mol. The average molecular weight is 339 g/mol. The highest BCUT2D eigenvalue weighted by Gasteiger charge is 2.00. The SMILES string of the molecule is COCCNC(=S)N/N=C(\C=C\c1ccccc1)c1ccccc1. The number of hydrazone groups is 1. The maximum absolute atomic E-state index is 5.20. The van der Waals surface area contributed by atoms with Crippen molar-refractivity contribution in [3.8, 4) is 0 Å². The fraction of sp³-hybridized carbons (Fsp3) is 0.158. The topological polar surface area (TPSA) is 45.6 Å². The molecule has 0 amide bonds. The Morgan fingerprint density at radius 3 is 2.42 bits per heavy atom. The van der Waals surface area contributed by atoms with Crippen LogP contribution in [-0.4, -0.2) is 31.1 Å². The van der Waals surface area contributed by atoms with Gasteiger partial charge in [0.25, 0.3) is 0 Å². The molecule has 0 bridgehead atoms. The summed E-state index contributed by atoms with van der Waals surface area (Å²) in [7, 11) is 1.65. The standard InChI is InChI=1S/C19H21N3OS/c1-23-15-14-20-19(24)22-21-18(17-10-6-3-7-11-17)13-12-16-8-4-2-5-9-16/h2-13H,14-15H2,1H3,(H2,20,22,24)/b13-12+,21-18+. The van der Waals surface area contributed by atoms with Gasteiger partial charge in [-0.25, -0.2) is 0 Å². The van der Waals surface area contributed by atoms with Crippen LogP contribution in [0.15, 0.2) is 71.8 Å². The van der Waals surface area contributed by atoms with Crippen molar-refractivity contribution >= 4 is 29.1 Å². The fourth-order valence-electron chi connectivity index (χ4n) is 1.96. The second-order valence-corrected chi connectivity index (χ2v) is 5.38. The van der Waals surface area contributed by atoms with Gasteiger partial charge in [-0.05, 0) is 23.9 Å². The molecular formula is C19H21N3OS. The zero-order valence-electron chi connectivity index (χ0n) is 13.6. The van der Waals surface area contributed by atoms with Crippen molar-refractivity contribution in [1.29, 1.82) is 0 Å². The van der Waals surface area contributed by atoms with E-state index < -0.39 is 0 Å². The van der Waals surface area contributed by atoms with Crippen molar-refractivity contribution in [2.45, 2.75) is 0 Å². The monoisotopic (exact) mass is 339 g/mol. The van der Waals surface area contributed by atoms with Gasteiger partial charge >= 0.3 is 0 Å². The van der Waals surface area contributed by atoms with Gasteiger partial charge < -0.3 is 10.1 Å². The van der Waals surface area contributed by atoms with Crippen molar-refractivity contribution in [2.75, 3.05) is 20.3 Å². The zero-order chi connectivity index (χ0) is 17.0. The molecule has 2 aromatic carbocycles. The highest BCUT2D eigenvalue weighted by molar-refractivity contribution is 7.80. The number of hydrogen-bond acceptors (Lipinski definition) is 3. The van der Waals surface area contributed by atoms with E-state index in [2.05, 4.69) is 15.8 Å². The van der Waals surface area contributed by atoms with Gasteiger partial charge in [0.15, 0.2) is 5.11 Å². The van der Waals surface area contributed by atoms with E-state index in [4.69, 9.17) is 17.0 Å². The average Bonchev–Trinajstić information content (AvgIpc) is 2.63. The van der Waals surface area contributed by atoms with Crippen molar-refractivity contribution in [3.05, 3.63) is 77.9 Å². The van der Waals surface area contributed by atoms with Crippen molar-refractivity contribution < 1.29 is 4.74 Å². The minimum atomic E-state index is 0.466. The van der Waals surface area contributed by atoms with Crippen LogP contribution in [0.3, 0.4) is 0 Å². The lowest BCUT2D eigenvalue weighted by atomic mass is 10.1. The van der Waals surface area contributed by atoms with E-state index in [1.807, 2.05) is 72.8 Å². The van der Waals surface area contributed by atoms with Crippen molar-refractivity contribution in [1.82, 2.24) is 10.7 Å². The van der Waals surface area contributed by atoms with Crippen LogP contribution in [0.1, 0.15) is 11.1 Å². The summed E-state index contributed by atoms with van der Waals surface area (Å²) in [5, 5.41) is 7.92. The third-order valence-corrected chi connectivity index (χ3v) is 3.41. The first-order valence-corrected chi connectivity index (χ1v) is 8.09. The predicted octanol–water partition coefficient (Wildman–Crippen LogP) is 3.21. The van der Waals surface area contributed by atoms with E-state index in [-0.39, 0.29) is 0 Å². The van der Waals surface area contributed by atoms with Gasteiger partial charge in [-0.2, -0.15) is 5.10 Å². The Kier molecular flexibility index (Phi) is 7.67. The molecule has 0 saturated heterocycles. The molecule has 24 heavy (non-hydrogen) atoms. The molecule has 2 aromatic rings. The minimum Gasteiger partial charge on any atom is -0.383 e. The number of nitrogens with zero attached hydrogens (tertiary/aromatic N) is 1. The van der Waals surface area contributed by atoms with E-state index in [0.717, 1.165) is 16.8 Å². The molecule has 0 heterocycles. The Morgan fingerprint density at radius 2 is 1.75 bits per heavy atom. The highest BCUT2D eigenvalue weighted by atomic mass is 32.1. The number of hydrogen-bond donors (Lipinski definition) is 2. The van der Waals surface area contributed by atoms with Gasteiger partial charge in [-0.15, -0.1) is 0 Å². The van der Waals surface area contributed by atoms with E-state index in [1.54, 1.807) is 7.11 Å². The number of nitrogens with one attached hydrogen (secondary N) is 2. The van der Waals surface area contributed by atoms with Gasteiger partial charge in [-0.3, -0.25) is 5.43 Å². The molecule has 2 rings (SSSR count). The fourth-order valence-corrected chi connectivity index (χ4v) is 2.11. The lowest BCUT2D eigenvalue weighted by Crippen LogP contribution is -2.34. The molecule has 0 aliphatic carbocycles. The number of thiocarbonyl (C=S) groups is 1. The summed E-state index contributed by atoms with van der Waals surface area (Å²) in [5.41, 5.74) is 5.80. The number of rotatable bonds is 7. The molecule has 0 spiro atoms. The molecule has 5 heteroatoms. The molecule has 124 valence electrons. The van der Waals surface area contributed by atoms with Crippen LogP contribution in [0.5, 0.6) is 0 Å². The van der Waals surface area contributed by atoms with Crippen LogP contribution in [0.25, 0.3) is 6.08 Å². The van der Waals surface area contributed by atoms with Crippen LogP contribution in [0, 0.1) is 0 Å². The van der Waals surface area contributed by atoms with Crippen LogP contribution < -0.4 is 10.7 Å². The molecule has 4 nitrogen and oxygen atoms in total. The van der Waals surface area contributed by atoms with E-state index >= 15 is 0 Å². The zero-order valence-corrected chi connectivity index (χ0v) is 14.4. The first-order chi connectivity index (χ1) is 11.8. The van der Waals surface area contributed by atoms with Crippen LogP contribution >= 0.6 is 12.2 Å². The summed E-state index contributed by atoms with van der Waals surface area (Å²) in [6.45, 7) is 1.23. The summed E-state index contributed by atoms with van der Waals surface area (Å²) in [6, 6.07) is 20.1. The number of ether oxygens (including phenoxy) is 1. The van der Waals surface area contributed by atoms with Crippen molar-refractivity contribution in [2.24, 2.45) is 5.10 Å². The lowest BCUT2D eigenvalue weighted by molar-refractivity contribution is 0.204. The van der Waals surface area contributed by atoms with Gasteiger partial charge in [0.1, 0.15) is 0 Å². The number of methoxy groups -OCH3 is 1. The van der Waals surface area contributed by atoms with Crippen LogP contribution in [-0.2, 0) is 4.74 Å². The maximum atomic E-state index is 5.20. The molecule has 0 unspecified atom stereocenters. The molecule has 0 aromatic heterocycles. The maximum Gasteiger partial charge on any atom is 0.187 e. The van der Waals surface area contributed by atoms with Crippen molar-refractivity contribution in [3.63, 3.8) is 0 Å². The Morgan fingerprint density at radius 1 is 1.08 bits per heavy atom. The van der Waals surface area contributed by atoms with Gasteiger partial charge in [0.05, 0.1) is 12.3 Å². The summed E-state index contributed by atoms with van der Waals surface area (Å²) < 4.78 is 4.98. The molecule has 2 N–H and O–H groups in total. The molecule has 0 radical (unpaired) electrons. The van der Waals surface area contributed by atoms with E-state index in [1.165, 1.54) is 0 Å². The summed E-state index contributed by atoms with van der Waals surface area (Å²) in [4.78, 5) is 0. The third kappa shape index (κ3) is 6.32. The second kappa shape index (κ2) is 10.3. The summed E-state index contributed by atoms with van der Waals surface area (Å²) in [5.74, 6) is 0. The lowest BCUT2D eigenvalue weighted by Gasteiger charge is -2.08. The van der Waals surface area contributed by atoms with Gasteiger partial charge in [-0.1, -0.05) is 66.7 Å². The molecule has 0 fully saturated rings. The largest absolute Gasteiger partial charge is 0.383 e. The second-order valence-electron chi connectivity index (χ2n) is 4.97. The molecular weight excluding hydrogens is 318 g/mol. The Labute approximate surface area is 148 Å². The summed E-state index contributed by atoms with van der Waals surface area (Å²) in [6.07, 6.45) is 3.99.